The third-order valence-corrected chi connectivity index (χ3v) is 7.60. The van der Waals surface area contributed by atoms with Crippen LogP contribution in [0.2, 0.25) is 0 Å². The monoisotopic (exact) mass is 484 g/mol. The van der Waals surface area contributed by atoms with Crippen LogP contribution >= 0.6 is 0 Å². The van der Waals surface area contributed by atoms with Crippen LogP contribution < -0.4 is 10.1 Å². The number of ether oxygens (including phenoxy) is 1. The minimum absolute atomic E-state index is 0.103. The van der Waals surface area contributed by atoms with E-state index >= 15 is 0 Å². The Morgan fingerprint density at radius 2 is 1.79 bits per heavy atom. The first kappa shape index (κ1) is 25.0. The Labute approximate surface area is 191 Å². The number of piperidine rings is 1. The van der Waals surface area contributed by atoms with Gasteiger partial charge in [0.2, 0.25) is 15.9 Å². The van der Waals surface area contributed by atoms with Crippen molar-refractivity contribution in [3.8, 4) is 5.75 Å². The molecule has 2 aromatic rings. The number of nitrogens with zero attached hydrogens (tertiary/aromatic N) is 1. The van der Waals surface area contributed by atoms with Crippen LogP contribution in [0.4, 0.5) is 13.2 Å². The number of hydrogen-bond donors (Lipinski definition) is 1. The minimum atomic E-state index is -4.91. The van der Waals surface area contributed by atoms with Gasteiger partial charge in [0.1, 0.15) is 5.75 Å². The molecule has 1 fully saturated rings. The number of halogens is 3. The highest BCUT2D eigenvalue weighted by atomic mass is 32.2. The van der Waals surface area contributed by atoms with E-state index in [9.17, 15) is 26.4 Å². The summed E-state index contributed by atoms with van der Waals surface area (Å²) in [5, 5.41) is 3.06. The lowest BCUT2D eigenvalue weighted by molar-refractivity contribution is -0.274. The molecule has 3 rings (SSSR count). The van der Waals surface area contributed by atoms with Crippen LogP contribution in [0.25, 0.3) is 0 Å². The van der Waals surface area contributed by atoms with Crippen LogP contribution in [-0.4, -0.2) is 38.1 Å². The van der Waals surface area contributed by atoms with E-state index in [-0.39, 0.29) is 35.9 Å². The fourth-order valence-corrected chi connectivity index (χ4v) is 5.35. The first-order valence-electron chi connectivity index (χ1n) is 10.7. The van der Waals surface area contributed by atoms with Crippen molar-refractivity contribution in [3.05, 3.63) is 59.7 Å². The van der Waals surface area contributed by atoms with Gasteiger partial charge in [0.15, 0.2) is 0 Å². The molecule has 2 aromatic carbocycles. The van der Waals surface area contributed by atoms with Crippen molar-refractivity contribution in [1.29, 1.82) is 0 Å². The van der Waals surface area contributed by atoms with Crippen LogP contribution in [0.3, 0.4) is 0 Å². The SMILES string of the molecule is CCC(NC(=O)C1CCN(S(=O)(=O)c2cccc(OC(F)(F)F)c2)CC1)c1ccc(C)cc1. The Bertz CT molecular complexity index is 1060. The average molecular weight is 485 g/mol. The maximum absolute atomic E-state index is 12.9. The minimum Gasteiger partial charge on any atom is -0.406 e. The van der Waals surface area contributed by atoms with Crippen molar-refractivity contribution in [2.75, 3.05) is 13.1 Å². The second-order valence-corrected chi connectivity index (χ2v) is 10.0. The standard InChI is InChI=1S/C23H27F3N2O4S/c1-3-21(17-9-7-16(2)8-10-17)27-22(29)18-11-13-28(14-12-18)33(30,31)20-6-4-5-19(15-20)32-23(24,25)26/h4-10,15,18,21H,3,11-14H2,1-2H3,(H,27,29). The molecule has 1 aliphatic heterocycles. The van der Waals surface area contributed by atoms with Gasteiger partial charge < -0.3 is 10.1 Å². The van der Waals surface area contributed by atoms with Gasteiger partial charge in [0, 0.05) is 25.1 Å². The summed E-state index contributed by atoms with van der Waals surface area (Å²) in [7, 11) is -4.01. The fraction of sp³-hybridized carbons (Fsp3) is 0.435. The van der Waals surface area contributed by atoms with Crippen molar-refractivity contribution >= 4 is 15.9 Å². The van der Waals surface area contributed by atoms with Crippen LogP contribution in [-0.2, 0) is 14.8 Å². The van der Waals surface area contributed by atoms with E-state index in [0.717, 1.165) is 29.7 Å². The highest BCUT2D eigenvalue weighted by Crippen LogP contribution is 2.29. The van der Waals surface area contributed by atoms with Gasteiger partial charge in [-0.3, -0.25) is 4.79 Å². The van der Waals surface area contributed by atoms with Gasteiger partial charge >= 0.3 is 6.36 Å². The van der Waals surface area contributed by atoms with Gasteiger partial charge in [-0.15, -0.1) is 13.2 Å². The Morgan fingerprint density at radius 3 is 2.36 bits per heavy atom. The summed E-state index contributed by atoms with van der Waals surface area (Å²) >= 11 is 0. The lowest BCUT2D eigenvalue weighted by Gasteiger charge is -2.31. The summed E-state index contributed by atoms with van der Waals surface area (Å²) in [6, 6.07) is 12.1. The average Bonchev–Trinajstić information content (AvgIpc) is 2.77. The van der Waals surface area contributed by atoms with E-state index in [1.165, 1.54) is 16.4 Å². The second-order valence-electron chi connectivity index (χ2n) is 8.08. The molecule has 1 saturated heterocycles. The summed E-state index contributed by atoms with van der Waals surface area (Å²) < 4.78 is 68.2. The molecule has 1 N–H and O–H groups in total. The van der Waals surface area contributed by atoms with Gasteiger partial charge in [0.25, 0.3) is 0 Å². The molecule has 1 atom stereocenters. The van der Waals surface area contributed by atoms with Crippen molar-refractivity contribution in [2.24, 2.45) is 5.92 Å². The molecule has 1 unspecified atom stereocenters. The number of carbonyl (C=O) groups excluding carboxylic acids is 1. The molecule has 0 aromatic heterocycles. The normalized spacial score (nSPS) is 16.9. The van der Waals surface area contributed by atoms with Gasteiger partial charge in [-0.25, -0.2) is 8.42 Å². The molecular formula is C23H27F3N2O4S. The molecule has 0 spiro atoms. The molecule has 1 aliphatic rings. The summed E-state index contributed by atoms with van der Waals surface area (Å²) in [6.07, 6.45) is -3.54. The van der Waals surface area contributed by atoms with E-state index in [2.05, 4.69) is 10.1 Å². The molecule has 1 amide bonds. The zero-order valence-electron chi connectivity index (χ0n) is 18.4. The van der Waals surface area contributed by atoms with Crippen molar-refractivity contribution < 1.29 is 31.1 Å². The number of hydrogen-bond acceptors (Lipinski definition) is 4. The van der Waals surface area contributed by atoms with Gasteiger partial charge in [-0.1, -0.05) is 42.8 Å². The molecule has 33 heavy (non-hydrogen) atoms. The third kappa shape index (κ3) is 6.48. The van der Waals surface area contributed by atoms with E-state index in [0.29, 0.717) is 12.8 Å². The number of carbonyl (C=O) groups is 1. The zero-order valence-corrected chi connectivity index (χ0v) is 19.2. The third-order valence-electron chi connectivity index (χ3n) is 5.71. The highest BCUT2D eigenvalue weighted by Gasteiger charge is 2.34. The Balaban J connectivity index is 1.62. The molecule has 0 aliphatic carbocycles. The Hall–Kier alpha value is -2.59. The van der Waals surface area contributed by atoms with E-state index in [1.54, 1.807) is 0 Å². The molecule has 180 valence electrons. The first-order chi connectivity index (χ1) is 15.5. The highest BCUT2D eigenvalue weighted by molar-refractivity contribution is 7.89. The number of alkyl halides is 3. The smallest absolute Gasteiger partial charge is 0.406 e. The van der Waals surface area contributed by atoms with Crippen LogP contribution in [0.15, 0.2) is 53.4 Å². The molecule has 1 heterocycles. The zero-order chi connectivity index (χ0) is 24.2. The summed E-state index contributed by atoms with van der Waals surface area (Å²) in [4.78, 5) is 12.5. The van der Waals surface area contributed by atoms with Gasteiger partial charge in [-0.2, -0.15) is 4.31 Å². The first-order valence-corrected chi connectivity index (χ1v) is 12.2. The fourth-order valence-electron chi connectivity index (χ4n) is 3.85. The number of benzene rings is 2. The molecule has 0 saturated carbocycles. The van der Waals surface area contributed by atoms with Gasteiger partial charge in [-0.05, 0) is 43.9 Å². The number of rotatable bonds is 7. The summed E-state index contributed by atoms with van der Waals surface area (Å²) in [5.41, 5.74) is 2.14. The number of nitrogens with one attached hydrogen (secondary N) is 1. The predicted molar refractivity (Wildman–Crippen MR) is 117 cm³/mol. The van der Waals surface area contributed by atoms with Crippen molar-refractivity contribution in [2.45, 2.75) is 50.4 Å². The van der Waals surface area contributed by atoms with Crippen LogP contribution in [0, 0.1) is 12.8 Å². The second kappa shape index (κ2) is 10.1. The molecular weight excluding hydrogens is 457 g/mol. The van der Waals surface area contributed by atoms with E-state index < -0.39 is 22.1 Å². The van der Waals surface area contributed by atoms with Crippen LogP contribution in [0.1, 0.15) is 43.4 Å². The lowest BCUT2D eigenvalue weighted by atomic mass is 9.95. The van der Waals surface area contributed by atoms with Crippen molar-refractivity contribution in [1.82, 2.24) is 9.62 Å². The van der Waals surface area contributed by atoms with Gasteiger partial charge in [0.05, 0.1) is 10.9 Å². The molecule has 10 heteroatoms. The summed E-state index contributed by atoms with van der Waals surface area (Å²) in [5.74, 6) is -1.06. The molecule has 0 radical (unpaired) electrons. The van der Waals surface area contributed by atoms with E-state index in [1.807, 2.05) is 38.1 Å². The Morgan fingerprint density at radius 1 is 1.15 bits per heavy atom. The van der Waals surface area contributed by atoms with Crippen molar-refractivity contribution in [3.63, 3.8) is 0 Å². The molecule has 6 nitrogen and oxygen atoms in total. The van der Waals surface area contributed by atoms with E-state index in [4.69, 9.17) is 0 Å². The number of aryl methyl sites for hydroxylation is 1. The quantitative estimate of drug-likeness (QED) is 0.625. The Kier molecular flexibility index (Phi) is 7.69. The lowest BCUT2D eigenvalue weighted by Crippen LogP contribution is -2.43. The number of sulfonamides is 1. The number of amides is 1. The van der Waals surface area contributed by atoms with Crippen LogP contribution in [0.5, 0.6) is 5.75 Å². The summed E-state index contributed by atoms with van der Waals surface area (Å²) in [6.45, 7) is 4.18. The predicted octanol–water partition coefficient (Wildman–Crippen LogP) is 4.56. The topological polar surface area (TPSA) is 75.7 Å². The largest absolute Gasteiger partial charge is 0.573 e. The molecule has 0 bridgehead atoms. The maximum Gasteiger partial charge on any atom is 0.573 e. The maximum atomic E-state index is 12.9.